The molecule has 0 bridgehead atoms. The van der Waals surface area contributed by atoms with E-state index in [0.29, 0.717) is 0 Å². The standard InChI is InChI=1S/C59H71N4/c1-7-11-44-62(45-12-8-2)56-40-32-50(33-41-56)58(48-28-36-54(37-29-48)60(5)52-22-17-15-18-23-52)26-21-27-59(49-30-38-55(39-31-49)61(6)53-24-19-16-20-25-53)51-34-42-57(43-35-51)63(46-13-9-3)47-14-10-4/h15-43H,7-14,44-47H2,1-6H3/q+1. The summed E-state index contributed by atoms with van der Waals surface area (Å²) in [7, 11) is 4.27. The summed E-state index contributed by atoms with van der Waals surface area (Å²) in [5.74, 6) is 0. The number of hydrogen-bond donors (Lipinski definition) is 0. The van der Waals surface area contributed by atoms with E-state index in [0.717, 1.165) is 37.6 Å². The van der Waals surface area contributed by atoms with Gasteiger partial charge in [-0.1, -0.05) is 144 Å². The number of anilines is 5. The quantitative estimate of drug-likeness (QED) is 0.0509. The highest BCUT2D eigenvalue weighted by Crippen LogP contribution is 2.32. The van der Waals surface area contributed by atoms with Gasteiger partial charge in [0, 0.05) is 80.6 Å². The molecule has 0 amide bonds. The summed E-state index contributed by atoms with van der Waals surface area (Å²) in [6.07, 6.45) is 25.8. The van der Waals surface area contributed by atoms with Crippen LogP contribution in [-0.2, 0) is 0 Å². The zero-order valence-corrected chi connectivity index (χ0v) is 39.0. The van der Waals surface area contributed by atoms with Gasteiger partial charge in [0.05, 0.1) is 0 Å². The van der Waals surface area contributed by atoms with Crippen molar-refractivity contribution in [3.8, 4) is 0 Å². The lowest BCUT2D eigenvalue weighted by Crippen LogP contribution is -2.25. The summed E-state index contributed by atoms with van der Waals surface area (Å²) in [4.78, 5) is 7.05. The number of hydrogen-bond acceptors (Lipinski definition) is 3. The molecule has 6 rings (SSSR count). The Hall–Kier alpha value is -6.13. The van der Waals surface area contributed by atoms with E-state index in [1.807, 2.05) is 0 Å². The van der Waals surface area contributed by atoms with Gasteiger partial charge in [0.15, 0.2) is 5.71 Å². The molecule has 0 saturated carbocycles. The van der Waals surface area contributed by atoms with Gasteiger partial charge < -0.3 is 14.7 Å². The van der Waals surface area contributed by atoms with Crippen LogP contribution in [0, 0.1) is 0 Å². The normalized spacial score (nSPS) is 12.6. The molecule has 0 saturated heterocycles. The lowest BCUT2D eigenvalue weighted by molar-refractivity contribution is -0.527. The lowest BCUT2D eigenvalue weighted by Gasteiger charge is -2.25. The maximum absolute atomic E-state index is 2.57. The molecule has 0 heterocycles. The Labute approximate surface area is 380 Å². The minimum atomic E-state index is 1.09. The maximum atomic E-state index is 2.57. The summed E-state index contributed by atoms with van der Waals surface area (Å²) < 4.78 is 2.57. The van der Waals surface area contributed by atoms with Crippen LogP contribution < -0.4 is 14.7 Å². The molecule has 0 aliphatic heterocycles. The predicted octanol–water partition coefficient (Wildman–Crippen LogP) is 15.3. The Morgan fingerprint density at radius 1 is 0.460 bits per heavy atom. The third-order valence-electron chi connectivity index (χ3n) is 12.2. The van der Waals surface area contributed by atoms with Crippen LogP contribution in [-0.4, -0.2) is 50.6 Å². The first-order valence-corrected chi connectivity index (χ1v) is 23.7. The molecule has 1 aliphatic carbocycles. The molecule has 0 aromatic heterocycles. The molecule has 4 heteroatoms. The van der Waals surface area contributed by atoms with E-state index >= 15 is 0 Å². The van der Waals surface area contributed by atoms with Crippen molar-refractivity contribution < 1.29 is 4.58 Å². The number of benzene rings is 5. The Balaban J connectivity index is 1.41. The molecular weight excluding hydrogens is 765 g/mol. The van der Waals surface area contributed by atoms with Gasteiger partial charge in [-0.25, -0.2) is 4.58 Å². The fraction of sp³-hybridized carbons (Fsp3) is 0.305. The second-order valence-electron chi connectivity index (χ2n) is 16.7. The molecule has 5 aromatic carbocycles. The van der Waals surface area contributed by atoms with Crippen LogP contribution in [0.3, 0.4) is 0 Å². The number of rotatable bonds is 22. The van der Waals surface area contributed by atoms with E-state index in [2.05, 4.69) is 237 Å². The Kier molecular flexibility index (Phi) is 18.0. The highest BCUT2D eigenvalue weighted by molar-refractivity contribution is 6.03. The lowest BCUT2D eigenvalue weighted by atomic mass is 9.94. The van der Waals surface area contributed by atoms with Crippen molar-refractivity contribution in [1.29, 1.82) is 0 Å². The summed E-state index contributed by atoms with van der Waals surface area (Å²) in [6, 6.07) is 48.4. The molecule has 4 nitrogen and oxygen atoms in total. The van der Waals surface area contributed by atoms with Crippen LogP contribution in [0.15, 0.2) is 182 Å². The first-order valence-electron chi connectivity index (χ1n) is 23.7. The largest absolute Gasteiger partial charge is 0.372 e. The van der Waals surface area contributed by atoms with Crippen LogP contribution in [0.2, 0.25) is 0 Å². The smallest absolute Gasteiger partial charge is 0.199 e. The monoisotopic (exact) mass is 836 g/mol. The van der Waals surface area contributed by atoms with Crippen LogP contribution in [0.4, 0.5) is 28.4 Å². The molecule has 0 atom stereocenters. The SMILES string of the molecule is CCCCN(CCCC)c1ccc(/C(=C/C=C/C(=C2C=CC(=[N+](CCCC)CCCC)C=C2)c2ccc(N(C)c3ccccc3)cc2)c2ccc(N(C)c3ccccc3)cc2)cc1. The zero-order valence-electron chi connectivity index (χ0n) is 39.0. The first-order chi connectivity index (χ1) is 30.9. The maximum Gasteiger partial charge on any atom is 0.199 e. The van der Waals surface area contributed by atoms with E-state index < -0.39 is 0 Å². The fourth-order valence-electron chi connectivity index (χ4n) is 8.13. The van der Waals surface area contributed by atoms with E-state index in [1.165, 1.54) is 108 Å². The van der Waals surface area contributed by atoms with E-state index in [4.69, 9.17) is 0 Å². The molecule has 0 spiro atoms. The van der Waals surface area contributed by atoms with Gasteiger partial charge in [0.25, 0.3) is 0 Å². The molecule has 0 unspecified atom stereocenters. The Morgan fingerprint density at radius 2 is 0.873 bits per heavy atom. The molecule has 326 valence electrons. The zero-order chi connectivity index (χ0) is 44.2. The van der Waals surface area contributed by atoms with Crippen molar-refractivity contribution in [2.45, 2.75) is 79.1 Å². The highest BCUT2D eigenvalue weighted by Gasteiger charge is 2.15. The molecule has 0 N–H and O–H groups in total. The topological polar surface area (TPSA) is 12.7 Å². The van der Waals surface area contributed by atoms with Crippen molar-refractivity contribution >= 4 is 45.3 Å². The van der Waals surface area contributed by atoms with Crippen LogP contribution in [0.25, 0.3) is 11.1 Å². The van der Waals surface area contributed by atoms with E-state index in [-0.39, 0.29) is 0 Å². The predicted molar refractivity (Wildman–Crippen MR) is 277 cm³/mol. The minimum absolute atomic E-state index is 1.09. The second-order valence-corrected chi connectivity index (χ2v) is 16.7. The molecule has 5 aromatic rings. The van der Waals surface area contributed by atoms with Gasteiger partial charge in [-0.2, -0.15) is 0 Å². The summed E-state index contributed by atoms with van der Waals surface area (Å²) in [5, 5.41) is 0. The summed E-state index contributed by atoms with van der Waals surface area (Å²) >= 11 is 0. The second kappa shape index (κ2) is 24.5. The van der Waals surface area contributed by atoms with Crippen molar-refractivity contribution in [1.82, 2.24) is 0 Å². The van der Waals surface area contributed by atoms with Crippen LogP contribution in [0.5, 0.6) is 0 Å². The van der Waals surface area contributed by atoms with Crippen molar-refractivity contribution in [2.24, 2.45) is 0 Å². The van der Waals surface area contributed by atoms with Crippen LogP contribution >= 0.6 is 0 Å². The number of nitrogens with zero attached hydrogens (tertiary/aromatic N) is 4. The summed E-state index contributed by atoms with van der Waals surface area (Å²) in [6.45, 7) is 13.5. The first kappa shape index (κ1) is 46.4. The van der Waals surface area contributed by atoms with Gasteiger partial charge in [0.2, 0.25) is 0 Å². The van der Waals surface area contributed by atoms with Crippen molar-refractivity contribution in [3.05, 3.63) is 198 Å². The third kappa shape index (κ3) is 13.0. The number of allylic oxidation sites excluding steroid dienone is 9. The van der Waals surface area contributed by atoms with Crippen molar-refractivity contribution in [3.63, 3.8) is 0 Å². The van der Waals surface area contributed by atoms with Crippen molar-refractivity contribution in [2.75, 3.05) is 55.0 Å². The molecule has 1 aliphatic rings. The highest BCUT2D eigenvalue weighted by atomic mass is 15.1. The molecule has 0 radical (unpaired) electrons. The molecular formula is C59H71N4+. The third-order valence-corrected chi connectivity index (χ3v) is 12.2. The minimum Gasteiger partial charge on any atom is -0.372 e. The number of para-hydroxylation sites is 2. The van der Waals surface area contributed by atoms with Crippen LogP contribution in [0.1, 0.15) is 95.8 Å². The summed E-state index contributed by atoms with van der Waals surface area (Å²) in [5.41, 5.74) is 14.4. The average molecular weight is 836 g/mol. The van der Waals surface area contributed by atoms with E-state index in [1.54, 1.807) is 0 Å². The average Bonchev–Trinajstić information content (AvgIpc) is 3.35. The fourth-order valence-corrected chi connectivity index (χ4v) is 8.13. The molecule has 0 fully saturated rings. The Morgan fingerprint density at radius 3 is 1.32 bits per heavy atom. The van der Waals surface area contributed by atoms with Gasteiger partial charge in [-0.05, 0) is 119 Å². The van der Waals surface area contributed by atoms with Gasteiger partial charge in [-0.3, -0.25) is 0 Å². The van der Waals surface area contributed by atoms with Gasteiger partial charge in [0.1, 0.15) is 13.1 Å². The van der Waals surface area contributed by atoms with Gasteiger partial charge in [-0.15, -0.1) is 0 Å². The van der Waals surface area contributed by atoms with Gasteiger partial charge >= 0.3 is 0 Å². The number of unbranched alkanes of at least 4 members (excludes halogenated alkanes) is 4. The molecule has 63 heavy (non-hydrogen) atoms. The Bertz CT molecular complexity index is 2290. The van der Waals surface area contributed by atoms with E-state index in [9.17, 15) is 0 Å².